The highest BCUT2D eigenvalue weighted by Gasteiger charge is 2.26. The second kappa shape index (κ2) is 9.02. The van der Waals surface area contributed by atoms with Crippen LogP contribution in [0.15, 0.2) is 30.3 Å². The van der Waals surface area contributed by atoms with Crippen molar-refractivity contribution >= 4 is 17.7 Å². The molecule has 6 nitrogen and oxygen atoms in total. The van der Waals surface area contributed by atoms with Crippen LogP contribution in [0.2, 0.25) is 0 Å². The Labute approximate surface area is 136 Å². The van der Waals surface area contributed by atoms with Gasteiger partial charge in [0.1, 0.15) is 0 Å². The van der Waals surface area contributed by atoms with E-state index in [1.54, 1.807) is 0 Å². The van der Waals surface area contributed by atoms with Gasteiger partial charge in [-0.25, -0.2) is 4.79 Å². The summed E-state index contributed by atoms with van der Waals surface area (Å²) in [7, 11) is 0. The molecule has 0 aliphatic heterocycles. The van der Waals surface area contributed by atoms with Crippen molar-refractivity contribution in [3.63, 3.8) is 0 Å². The largest absolute Gasteiger partial charge is 0.481 e. The number of carboxylic acid groups (broad SMARTS) is 1. The van der Waals surface area contributed by atoms with Gasteiger partial charge in [-0.15, -0.1) is 0 Å². The number of carbonyl (C=O) groups is 2. The van der Waals surface area contributed by atoms with Crippen LogP contribution in [0.1, 0.15) is 32.1 Å². The molecule has 0 spiro atoms. The van der Waals surface area contributed by atoms with Gasteiger partial charge in [-0.05, 0) is 44.2 Å². The molecule has 1 saturated carbocycles. The van der Waals surface area contributed by atoms with Crippen LogP contribution in [0.4, 0.5) is 10.5 Å². The molecule has 0 aromatic heterocycles. The second-order valence-electron chi connectivity index (χ2n) is 5.93. The van der Waals surface area contributed by atoms with Crippen molar-refractivity contribution in [1.29, 1.82) is 0 Å². The predicted octanol–water partition coefficient (Wildman–Crippen LogP) is 2.43. The van der Waals surface area contributed by atoms with Crippen LogP contribution < -0.4 is 16.0 Å². The quantitative estimate of drug-likeness (QED) is 0.581. The van der Waals surface area contributed by atoms with E-state index in [9.17, 15) is 9.59 Å². The number of carbonyl (C=O) groups excluding carboxylic acids is 1. The molecule has 1 aliphatic rings. The molecule has 1 aromatic rings. The van der Waals surface area contributed by atoms with E-state index in [0.717, 1.165) is 31.5 Å². The Morgan fingerprint density at radius 3 is 2.39 bits per heavy atom. The molecule has 0 unspecified atom stereocenters. The molecule has 126 valence electrons. The van der Waals surface area contributed by atoms with E-state index in [1.165, 1.54) is 0 Å². The standard InChI is InChI=1S/C17H25N3O3/c21-16(22)13-7-9-15(10-8-13)20-17(23)19-12-4-11-18-14-5-2-1-3-6-14/h1-3,5-6,13,15,18H,4,7-12H2,(H,21,22)(H2,19,20,23). The highest BCUT2D eigenvalue weighted by molar-refractivity contribution is 5.74. The van der Waals surface area contributed by atoms with Crippen LogP contribution in [0.5, 0.6) is 0 Å². The highest BCUT2D eigenvalue weighted by atomic mass is 16.4. The monoisotopic (exact) mass is 319 g/mol. The van der Waals surface area contributed by atoms with Gasteiger partial charge in [0.25, 0.3) is 0 Å². The van der Waals surface area contributed by atoms with Crippen LogP contribution in [0.25, 0.3) is 0 Å². The normalized spacial score (nSPS) is 20.5. The lowest BCUT2D eigenvalue weighted by Crippen LogP contribution is -2.44. The number of anilines is 1. The van der Waals surface area contributed by atoms with Crippen molar-refractivity contribution in [2.24, 2.45) is 5.92 Å². The maximum Gasteiger partial charge on any atom is 0.315 e. The van der Waals surface area contributed by atoms with Crippen molar-refractivity contribution in [2.45, 2.75) is 38.1 Å². The third-order valence-electron chi connectivity index (χ3n) is 4.15. The lowest BCUT2D eigenvalue weighted by Gasteiger charge is -2.26. The van der Waals surface area contributed by atoms with E-state index in [4.69, 9.17) is 5.11 Å². The Kier molecular flexibility index (Phi) is 6.72. The number of nitrogens with one attached hydrogen (secondary N) is 3. The topological polar surface area (TPSA) is 90.5 Å². The lowest BCUT2D eigenvalue weighted by molar-refractivity contribution is -0.142. The fourth-order valence-electron chi connectivity index (χ4n) is 2.80. The Morgan fingerprint density at radius 2 is 1.74 bits per heavy atom. The molecule has 2 rings (SSSR count). The van der Waals surface area contributed by atoms with E-state index in [0.29, 0.717) is 19.4 Å². The summed E-state index contributed by atoms with van der Waals surface area (Å²) in [6.45, 7) is 1.41. The molecule has 0 radical (unpaired) electrons. The number of carboxylic acids is 1. The number of amides is 2. The van der Waals surface area contributed by atoms with Gasteiger partial charge in [-0.3, -0.25) is 4.79 Å². The zero-order chi connectivity index (χ0) is 16.5. The number of aliphatic carboxylic acids is 1. The number of rotatable bonds is 7. The number of para-hydroxylation sites is 1. The maximum atomic E-state index is 11.8. The molecule has 1 aromatic carbocycles. The molecule has 0 saturated heterocycles. The van der Waals surface area contributed by atoms with Crippen molar-refractivity contribution in [3.05, 3.63) is 30.3 Å². The van der Waals surface area contributed by atoms with Crippen molar-refractivity contribution < 1.29 is 14.7 Å². The Balaban J connectivity index is 1.53. The summed E-state index contributed by atoms with van der Waals surface area (Å²) in [4.78, 5) is 22.7. The van der Waals surface area contributed by atoms with E-state index < -0.39 is 5.97 Å². The molecular weight excluding hydrogens is 294 g/mol. The fraction of sp³-hybridized carbons (Fsp3) is 0.529. The van der Waals surface area contributed by atoms with Crippen molar-refractivity contribution in [2.75, 3.05) is 18.4 Å². The molecular formula is C17H25N3O3. The minimum Gasteiger partial charge on any atom is -0.481 e. The van der Waals surface area contributed by atoms with Gasteiger partial charge in [0, 0.05) is 24.8 Å². The molecule has 1 fully saturated rings. The fourth-order valence-corrected chi connectivity index (χ4v) is 2.80. The Hall–Kier alpha value is -2.24. The molecule has 1 aliphatic carbocycles. The molecule has 2 amide bonds. The summed E-state index contributed by atoms with van der Waals surface area (Å²) in [6, 6.07) is 9.87. The first kappa shape index (κ1) is 17.1. The number of hydrogen-bond acceptors (Lipinski definition) is 3. The van der Waals surface area contributed by atoms with Gasteiger partial charge in [-0.1, -0.05) is 18.2 Å². The zero-order valence-corrected chi connectivity index (χ0v) is 13.3. The van der Waals surface area contributed by atoms with Gasteiger partial charge in [-0.2, -0.15) is 0 Å². The van der Waals surface area contributed by atoms with Gasteiger partial charge >= 0.3 is 12.0 Å². The van der Waals surface area contributed by atoms with Crippen LogP contribution in [-0.4, -0.2) is 36.2 Å². The SMILES string of the molecule is O=C(NCCCNc1ccccc1)NC1CCC(C(=O)O)CC1. The number of hydrogen-bond donors (Lipinski definition) is 4. The van der Waals surface area contributed by atoms with Gasteiger partial charge in [0.05, 0.1) is 5.92 Å². The minimum atomic E-state index is -0.723. The molecule has 6 heteroatoms. The van der Waals surface area contributed by atoms with E-state index in [-0.39, 0.29) is 18.0 Å². The third-order valence-corrected chi connectivity index (χ3v) is 4.15. The number of benzene rings is 1. The van der Waals surface area contributed by atoms with Crippen LogP contribution in [0.3, 0.4) is 0 Å². The van der Waals surface area contributed by atoms with Gasteiger partial charge < -0.3 is 21.1 Å². The Bertz CT molecular complexity index is 499. The summed E-state index contributed by atoms with van der Waals surface area (Å²) >= 11 is 0. The molecule has 4 N–H and O–H groups in total. The van der Waals surface area contributed by atoms with Crippen LogP contribution >= 0.6 is 0 Å². The molecule has 0 bridgehead atoms. The first-order valence-electron chi connectivity index (χ1n) is 8.21. The van der Waals surface area contributed by atoms with Crippen LogP contribution in [0, 0.1) is 5.92 Å². The van der Waals surface area contributed by atoms with Crippen molar-refractivity contribution in [3.8, 4) is 0 Å². The second-order valence-corrected chi connectivity index (χ2v) is 5.93. The first-order chi connectivity index (χ1) is 11.1. The third kappa shape index (κ3) is 6.18. The average Bonchev–Trinajstić information content (AvgIpc) is 2.56. The minimum absolute atomic E-state index is 0.0908. The van der Waals surface area contributed by atoms with Gasteiger partial charge in [0.15, 0.2) is 0 Å². The summed E-state index contributed by atoms with van der Waals surface area (Å²) in [6.07, 6.45) is 3.59. The van der Waals surface area contributed by atoms with Gasteiger partial charge in [0.2, 0.25) is 0 Å². The zero-order valence-electron chi connectivity index (χ0n) is 13.3. The highest BCUT2D eigenvalue weighted by Crippen LogP contribution is 2.24. The number of urea groups is 1. The van der Waals surface area contributed by atoms with E-state index in [2.05, 4.69) is 16.0 Å². The lowest BCUT2D eigenvalue weighted by atomic mass is 9.86. The molecule has 23 heavy (non-hydrogen) atoms. The summed E-state index contributed by atoms with van der Waals surface area (Å²) in [5, 5.41) is 18.0. The summed E-state index contributed by atoms with van der Waals surface area (Å²) in [5.74, 6) is -0.973. The van der Waals surface area contributed by atoms with E-state index in [1.807, 2.05) is 30.3 Å². The summed E-state index contributed by atoms with van der Waals surface area (Å²) in [5.41, 5.74) is 1.08. The van der Waals surface area contributed by atoms with E-state index >= 15 is 0 Å². The average molecular weight is 319 g/mol. The summed E-state index contributed by atoms with van der Waals surface area (Å²) < 4.78 is 0. The molecule has 0 atom stereocenters. The van der Waals surface area contributed by atoms with Crippen LogP contribution in [-0.2, 0) is 4.79 Å². The maximum absolute atomic E-state index is 11.8. The first-order valence-corrected chi connectivity index (χ1v) is 8.21. The molecule has 0 heterocycles. The van der Waals surface area contributed by atoms with Crippen molar-refractivity contribution in [1.82, 2.24) is 10.6 Å². The predicted molar refractivity (Wildman–Crippen MR) is 89.5 cm³/mol. The smallest absolute Gasteiger partial charge is 0.315 e. The Morgan fingerprint density at radius 1 is 1.04 bits per heavy atom.